The van der Waals surface area contributed by atoms with Crippen LogP contribution in [0.5, 0.6) is 0 Å². The van der Waals surface area contributed by atoms with E-state index in [2.05, 4.69) is 37.2 Å². The van der Waals surface area contributed by atoms with Crippen LogP contribution in [0.3, 0.4) is 0 Å². The third kappa shape index (κ3) is 3.92. The number of carbonyl (C=O) groups is 2. The molecular formula is C15H11Br2NO3. The topological polar surface area (TPSA) is 66.4 Å². The van der Waals surface area contributed by atoms with Crippen molar-refractivity contribution in [3.8, 4) is 0 Å². The molecule has 0 radical (unpaired) electrons. The number of anilines is 1. The monoisotopic (exact) mass is 411 g/mol. The third-order valence-electron chi connectivity index (χ3n) is 2.83. The molecule has 0 saturated carbocycles. The molecule has 0 fully saturated rings. The minimum absolute atomic E-state index is 0.00372. The zero-order valence-corrected chi connectivity index (χ0v) is 13.9. The molecule has 0 unspecified atom stereocenters. The van der Waals surface area contributed by atoms with Gasteiger partial charge in [0.2, 0.25) is 5.91 Å². The predicted molar refractivity (Wildman–Crippen MR) is 87.6 cm³/mol. The van der Waals surface area contributed by atoms with Crippen molar-refractivity contribution in [2.75, 3.05) is 5.32 Å². The third-order valence-corrected chi connectivity index (χ3v) is 4.15. The van der Waals surface area contributed by atoms with Gasteiger partial charge in [0.25, 0.3) is 0 Å². The van der Waals surface area contributed by atoms with Crippen molar-refractivity contribution in [2.24, 2.45) is 0 Å². The van der Waals surface area contributed by atoms with Gasteiger partial charge in [-0.3, -0.25) is 4.79 Å². The molecule has 21 heavy (non-hydrogen) atoms. The van der Waals surface area contributed by atoms with Gasteiger partial charge in [0, 0.05) is 8.95 Å². The number of hydrogen-bond acceptors (Lipinski definition) is 2. The summed E-state index contributed by atoms with van der Waals surface area (Å²) < 4.78 is 1.49. The van der Waals surface area contributed by atoms with E-state index in [9.17, 15) is 9.59 Å². The van der Waals surface area contributed by atoms with E-state index in [1.807, 2.05) is 18.2 Å². The van der Waals surface area contributed by atoms with Crippen LogP contribution in [-0.4, -0.2) is 17.0 Å². The van der Waals surface area contributed by atoms with Crippen LogP contribution in [0.25, 0.3) is 0 Å². The van der Waals surface area contributed by atoms with E-state index in [4.69, 9.17) is 5.11 Å². The Bertz CT molecular complexity index is 681. The number of hydrogen-bond donors (Lipinski definition) is 2. The van der Waals surface area contributed by atoms with Crippen molar-refractivity contribution in [2.45, 2.75) is 6.42 Å². The molecule has 2 aromatic rings. The maximum Gasteiger partial charge on any atom is 0.335 e. The van der Waals surface area contributed by atoms with Crippen LogP contribution >= 0.6 is 31.9 Å². The molecule has 0 bridgehead atoms. The second-order valence-corrected chi connectivity index (χ2v) is 5.99. The molecule has 0 aromatic heterocycles. The Balaban J connectivity index is 2.18. The highest BCUT2D eigenvalue weighted by atomic mass is 79.9. The standard InChI is InChI=1S/C15H11Br2NO3/c16-11-6-3-7-12(17)14(11)18-13(19)8-9-4-1-2-5-10(9)15(20)21/h1-7H,8H2,(H,18,19)(H,20,21). The summed E-state index contributed by atoms with van der Waals surface area (Å²) in [7, 11) is 0. The average Bonchev–Trinajstić information content (AvgIpc) is 2.43. The summed E-state index contributed by atoms with van der Waals surface area (Å²) in [6.45, 7) is 0. The highest BCUT2D eigenvalue weighted by Crippen LogP contribution is 2.30. The molecule has 0 aliphatic rings. The molecule has 2 rings (SSSR count). The van der Waals surface area contributed by atoms with E-state index < -0.39 is 5.97 Å². The summed E-state index contributed by atoms with van der Waals surface area (Å²) >= 11 is 6.72. The molecular weight excluding hydrogens is 402 g/mol. The van der Waals surface area contributed by atoms with E-state index in [0.717, 1.165) is 8.95 Å². The van der Waals surface area contributed by atoms with Crippen LogP contribution in [0.15, 0.2) is 51.4 Å². The number of nitrogens with one attached hydrogen (secondary N) is 1. The van der Waals surface area contributed by atoms with E-state index in [1.54, 1.807) is 18.2 Å². The van der Waals surface area contributed by atoms with Gasteiger partial charge in [0.15, 0.2) is 0 Å². The number of para-hydroxylation sites is 1. The Labute approximate surface area is 138 Å². The van der Waals surface area contributed by atoms with Crippen molar-refractivity contribution < 1.29 is 14.7 Å². The highest BCUT2D eigenvalue weighted by molar-refractivity contribution is 9.11. The first kappa shape index (κ1) is 15.7. The van der Waals surface area contributed by atoms with Gasteiger partial charge in [-0.05, 0) is 55.6 Å². The fourth-order valence-corrected chi connectivity index (χ4v) is 3.05. The van der Waals surface area contributed by atoms with Gasteiger partial charge in [0.05, 0.1) is 17.7 Å². The minimum Gasteiger partial charge on any atom is -0.478 e. The van der Waals surface area contributed by atoms with Gasteiger partial charge in [-0.25, -0.2) is 4.79 Å². The van der Waals surface area contributed by atoms with Crippen molar-refractivity contribution in [1.82, 2.24) is 0 Å². The molecule has 1 amide bonds. The van der Waals surface area contributed by atoms with Gasteiger partial charge in [-0.15, -0.1) is 0 Å². The summed E-state index contributed by atoms with van der Waals surface area (Å²) in [4.78, 5) is 23.2. The van der Waals surface area contributed by atoms with Gasteiger partial charge < -0.3 is 10.4 Å². The highest BCUT2D eigenvalue weighted by Gasteiger charge is 2.14. The number of benzene rings is 2. The summed E-state index contributed by atoms with van der Waals surface area (Å²) in [6.07, 6.45) is -0.00372. The van der Waals surface area contributed by atoms with Gasteiger partial charge in [0.1, 0.15) is 0 Å². The number of aromatic carboxylic acids is 1. The van der Waals surface area contributed by atoms with Crippen LogP contribution in [-0.2, 0) is 11.2 Å². The number of halogens is 2. The zero-order valence-electron chi connectivity index (χ0n) is 10.8. The van der Waals surface area contributed by atoms with Crippen molar-refractivity contribution in [1.29, 1.82) is 0 Å². The van der Waals surface area contributed by atoms with E-state index in [-0.39, 0.29) is 17.9 Å². The number of carbonyl (C=O) groups excluding carboxylic acids is 1. The van der Waals surface area contributed by atoms with Crippen LogP contribution in [0, 0.1) is 0 Å². The second kappa shape index (κ2) is 6.87. The van der Waals surface area contributed by atoms with Gasteiger partial charge in [-0.2, -0.15) is 0 Å². The SMILES string of the molecule is O=C(Cc1ccccc1C(=O)O)Nc1c(Br)cccc1Br. The number of carboxylic acid groups (broad SMARTS) is 1. The number of amides is 1. The lowest BCUT2D eigenvalue weighted by Gasteiger charge is -2.10. The molecule has 2 aromatic carbocycles. The molecule has 0 atom stereocenters. The molecule has 0 aliphatic heterocycles. The first-order valence-corrected chi connectivity index (χ1v) is 7.62. The Morgan fingerprint density at radius 3 is 2.24 bits per heavy atom. The van der Waals surface area contributed by atoms with Gasteiger partial charge in [-0.1, -0.05) is 24.3 Å². The van der Waals surface area contributed by atoms with Gasteiger partial charge >= 0.3 is 5.97 Å². The number of carboxylic acids is 1. The first-order valence-electron chi connectivity index (χ1n) is 6.04. The first-order chi connectivity index (χ1) is 9.99. The fraction of sp³-hybridized carbons (Fsp3) is 0.0667. The molecule has 0 saturated heterocycles. The smallest absolute Gasteiger partial charge is 0.335 e. The Kier molecular flexibility index (Phi) is 5.14. The lowest BCUT2D eigenvalue weighted by Crippen LogP contribution is -2.17. The fourth-order valence-electron chi connectivity index (χ4n) is 1.86. The quantitative estimate of drug-likeness (QED) is 0.794. The molecule has 4 nitrogen and oxygen atoms in total. The molecule has 0 aliphatic carbocycles. The Morgan fingerprint density at radius 1 is 1.00 bits per heavy atom. The largest absolute Gasteiger partial charge is 0.478 e. The molecule has 0 heterocycles. The maximum atomic E-state index is 12.1. The van der Waals surface area contributed by atoms with Crippen LogP contribution in [0.1, 0.15) is 15.9 Å². The average molecular weight is 413 g/mol. The minimum atomic E-state index is -1.04. The normalized spacial score (nSPS) is 10.2. The summed E-state index contributed by atoms with van der Waals surface area (Å²) in [5.41, 5.74) is 1.24. The molecule has 0 spiro atoms. The summed E-state index contributed by atoms with van der Waals surface area (Å²) in [5.74, 6) is -1.32. The van der Waals surface area contributed by atoms with Crippen LogP contribution < -0.4 is 5.32 Å². The van der Waals surface area contributed by atoms with E-state index in [0.29, 0.717) is 11.3 Å². The lowest BCUT2D eigenvalue weighted by molar-refractivity contribution is -0.115. The lowest BCUT2D eigenvalue weighted by atomic mass is 10.0. The molecule has 2 N–H and O–H groups in total. The number of rotatable bonds is 4. The zero-order chi connectivity index (χ0) is 15.4. The van der Waals surface area contributed by atoms with Crippen LogP contribution in [0.2, 0.25) is 0 Å². The van der Waals surface area contributed by atoms with Crippen LogP contribution in [0.4, 0.5) is 5.69 Å². The van der Waals surface area contributed by atoms with Crippen molar-refractivity contribution in [3.05, 3.63) is 62.5 Å². The molecule has 6 heteroatoms. The van der Waals surface area contributed by atoms with Crippen molar-refractivity contribution >= 4 is 49.4 Å². The van der Waals surface area contributed by atoms with E-state index in [1.165, 1.54) is 6.07 Å². The van der Waals surface area contributed by atoms with Crippen molar-refractivity contribution in [3.63, 3.8) is 0 Å². The maximum absolute atomic E-state index is 12.1. The predicted octanol–water partition coefficient (Wildman–Crippen LogP) is 4.09. The summed E-state index contributed by atoms with van der Waals surface area (Å²) in [6, 6.07) is 11.9. The summed E-state index contributed by atoms with van der Waals surface area (Å²) in [5, 5.41) is 11.9. The Hall–Kier alpha value is -1.66. The second-order valence-electron chi connectivity index (χ2n) is 4.28. The molecule has 108 valence electrons. The van der Waals surface area contributed by atoms with E-state index >= 15 is 0 Å². The Morgan fingerprint density at radius 2 is 1.62 bits per heavy atom.